The summed E-state index contributed by atoms with van der Waals surface area (Å²) in [5, 5.41) is 14.3. The first-order chi connectivity index (χ1) is 9.34. The standard InChI is InChI=1S/C15H24N2O3/c1-10(13-11(2)16-20-12(13)3)14(18)17(4)9-15(19)7-5-6-8-15/h10,19H,5-9H2,1-4H3. The maximum atomic E-state index is 12.5. The molecule has 1 heterocycles. The van der Waals surface area contributed by atoms with Gasteiger partial charge < -0.3 is 14.5 Å². The van der Waals surface area contributed by atoms with Gasteiger partial charge in [-0.3, -0.25) is 4.79 Å². The number of hydrogen-bond donors (Lipinski definition) is 1. The molecule has 112 valence electrons. The third-order valence-corrected chi connectivity index (χ3v) is 4.33. The number of aromatic nitrogens is 1. The van der Waals surface area contributed by atoms with Gasteiger partial charge in [-0.25, -0.2) is 0 Å². The summed E-state index contributed by atoms with van der Waals surface area (Å²) < 4.78 is 5.13. The molecule has 1 unspecified atom stereocenters. The van der Waals surface area contributed by atoms with E-state index < -0.39 is 5.60 Å². The molecular weight excluding hydrogens is 256 g/mol. The minimum absolute atomic E-state index is 0.000255. The number of aryl methyl sites for hydroxylation is 2. The zero-order valence-electron chi connectivity index (χ0n) is 12.8. The maximum Gasteiger partial charge on any atom is 0.229 e. The van der Waals surface area contributed by atoms with E-state index in [0.29, 0.717) is 12.3 Å². The minimum atomic E-state index is -0.705. The second kappa shape index (κ2) is 5.56. The predicted molar refractivity (Wildman–Crippen MR) is 75.4 cm³/mol. The van der Waals surface area contributed by atoms with E-state index in [2.05, 4.69) is 5.16 Å². The highest BCUT2D eigenvalue weighted by Crippen LogP contribution is 2.31. The Hall–Kier alpha value is -1.36. The van der Waals surface area contributed by atoms with Gasteiger partial charge in [0.15, 0.2) is 0 Å². The van der Waals surface area contributed by atoms with Gasteiger partial charge in [-0.2, -0.15) is 0 Å². The molecule has 1 fully saturated rings. The first-order valence-corrected chi connectivity index (χ1v) is 7.24. The van der Waals surface area contributed by atoms with Crippen molar-refractivity contribution in [3.8, 4) is 0 Å². The van der Waals surface area contributed by atoms with Crippen LogP contribution in [-0.2, 0) is 4.79 Å². The van der Waals surface area contributed by atoms with Crippen molar-refractivity contribution >= 4 is 5.91 Å². The summed E-state index contributed by atoms with van der Waals surface area (Å²) >= 11 is 0. The van der Waals surface area contributed by atoms with Crippen LogP contribution in [0.2, 0.25) is 0 Å². The van der Waals surface area contributed by atoms with E-state index in [0.717, 1.165) is 36.9 Å². The van der Waals surface area contributed by atoms with E-state index in [1.807, 2.05) is 20.8 Å². The van der Waals surface area contributed by atoms with Crippen molar-refractivity contribution in [3.63, 3.8) is 0 Å². The predicted octanol–water partition coefficient (Wildman–Crippen LogP) is 2.16. The highest BCUT2D eigenvalue weighted by atomic mass is 16.5. The van der Waals surface area contributed by atoms with Crippen LogP contribution in [0.15, 0.2) is 4.52 Å². The third-order valence-electron chi connectivity index (χ3n) is 4.33. The van der Waals surface area contributed by atoms with Gasteiger partial charge in [0.1, 0.15) is 5.76 Å². The molecular formula is C15H24N2O3. The second-order valence-electron chi connectivity index (χ2n) is 6.09. The molecule has 1 saturated carbocycles. The summed E-state index contributed by atoms with van der Waals surface area (Å²) in [5.74, 6) is 0.396. The smallest absolute Gasteiger partial charge is 0.229 e. The van der Waals surface area contributed by atoms with E-state index in [1.54, 1.807) is 11.9 Å². The molecule has 1 N–H and O–H groups in total. The number of aliphatic hydroxyl groups is 1. The molecule has 0 aromatic carbocycles. The average molecular weight is 280 g/mol. The molecule has 20 heavy (non-hydrogen) atoms. The van der Waals surface area contributed by atoms with Crippen molar-refractivity contribution < 1.29 is 14.4 Å². The van der Waals surface area contributed by atoms with Gasteiger partial charge in [0.25, 0.3) is 0 Å². The van der Waals surface area contributed by atoms with E-state index in [-0.39, 0.29) is 11.8 Å². The lowest BCUT2D eigenvalue weighted by Gasteiger charge is -2.30. The van der Waals surface area contributed by atoms with Crippen LogP contribution in [0.1, 0.15) is 55.5 Å². The second-order valence-corrected chi connectivity index (χ2v) is 6.09. The quantitative estimate of drug-likeness (QED) is 0.917. The number of likely N-dealkylation sites (N-methyl/N-ethyl adjacent to an activating group) is 1. The summed E-state index contributed by atoms with van der Waals surface area (Å²) in [7, 11) is 1.76. The fourth-order valence-corrected chi connectivity index (χ4v) is 3.27. The molecule has 2 rings (SSSR count). The molecule has 1 aromatic rings. The van der Waals surface area contributed by atoms with Gasteiger partial charge in [-0.1, -0.05) is 18.0 Å². The number of carbonyl (C=O) groups excluding carboxylic acids is 1. The molecule has 1 aliphatic carbocycles. The normalized spacial score (nSPS) is 19.1. The Bertz CT molecular complexity index is 470. The lowest BCUT2D eigenvalue weighted by atomic mass is 9.96. The Balaban J connectivity index is 2.07. The highest BCUT2D eigenvalue weighted by molar-refractivity contribution is 5.83. The lowest BCUT2D eigenvalue weighted by Crippen LogP contribution is -2.43. The van der Waals surface area contributed by atoms with Gasteiger partial charge in [0.05, 0.1) is 17.2 Å². The van der Waals surface area contributed by atoms with Crippen LogP contribution in [0.25, 0.3) is 0 Å². The maximum absolute atomic E-state index is 12.5. The summed E-state index contributed by atoms with van der Waals surface area (Å²) in [6, 6.07) is 0. The van der Waals surface area contributed by atoms with E-state index in [4.69, 9.17) is 4.52 Å². The number of rotatable bonds is 4. The molecule has 0 aliphatic heterocycles. The van der Waals surface area contributed by atoms with Gasteiger partial charge in [0.2, 0.25) is 5.91 Å². The molecule has 1 amide bonds. The van der Waals surface area contributed by atoms with Crippen molar-refractivity contribution in [2.45, 2.75) is 58.0 Å². The van der Waals surface area contributed by atoms with E-state index in [1.165, 1.54) is 0 Å². The molecule has 5 nitrogen and oxygen atoms in total. The largest absolute Gasteiger partial charge is 0.388 e. The van der Waals surface area contributed by atoms with E-state index in [9.17, 15) is 9.90 Å². The van der Waals surface area contributed by atoms with Crippen LogP contribution in [0, 0.1) is 13.8 Å². The van der Waals surface area contributed by atoms with Crippen molar-refractivity contribution in [1.82, 2.24) is 10.1 Å². The van der Waals surface area contributed by atoms with Gasteiger partial charge in [-0.05, 0) is 33.6 Å². The highest BCUT2D eigenvalue weighted by Gasteiger charge is 2.35. The number of hydrogen-bond acceptors (Lipinski definition) is 4. The van der Waals surface area contributed by atoms with Crippen molar-refractivity contribution in [2.24, 2.45) is 0 Å². The fourth-order valence-electron chi connectivity index (χ4n) is 3.27. The Morgan fingerprint density at radius 3 is 2.55 bits per heavy atom. The third kappa shape index (κ3) is 2.87. The van der Waals surface area contributed by atoms with E-state index >= 15 is 0 Å². The zero-order valence-corrected chi connectivity index (χ0v) is 12.8. The molecule has 0 radical (unpaired) electrons. The first-order valence-electron chi connectivity index (χ1n) is 7.24. The van der Waals surface area contributed by atoms with Crippen LogP contribution < -0.4 is 0 Å². The Morgan fingerprint density at radius 2 is 2.05 bits per heavy atom. The van der Waals surface area contributed by atoms with Gasteiger partial charge in [0, 0.05) is 19.2 Å². The average Bonchev–Trinajstić information content (AvgIpc) is 2.94. The molecule has 1 aliphatic rings. The summed E-state index contributed by atoms with van der Waals surface area (Å²) in [6.07, 6.45) is 3.64. The van der Waals surface area contributed by atoms with Crippen molar-refractivity contribution in [3.05, 3.63) is 17.0 Å². The van der Waals surface area contributed by atoms with Crippen molar-refractivity contribution in [2.75, 3.05) is 13.6 Å². The molecule has 0 saturated heterocycles. The number of nitrogens with zero attached hydrogens (tertiary/aromatic N) is 2. The molecule has 1 atom stereocenters. The van der Waals surface area contributed by atoms with Gasteiger partial charge in [-0.15, -0.1) is 0 Å². The number of carbonyl (C=O) groups is 1. The Labute approximate surface area is 119 Å². The first kappa shape index (κ1) is 15.0. The summed E-state index contributed by atoms with van der Waals surface area (Å²) in [4.78, 5) is 14.2. The lowest BCUT2D eigenvalue weighted by molar-refractivity contribution is -0.134. The van der Waals surface area contributed by atoms with Crippen LogP contribution in [0.4, 0.5) is 0 Å². The Kier molecular flexibility index (Phi) is 4.18. The summed E-state index contributed by atoms with van der Waals surface area (Å²) in [6.45, 7) is 5.94. The topological polar surface area (TPSA) is 66.6 Å². The minimum Gasteiger partial charge on any atom is -0.388 e. The van der Waals surface area contributed by atoms with Crippen LogP contribution in [-0.4, -0.2) is 40.3 Å². The fraction of sp³-hybridized carbons (Fsp3) is 0.733. The number of amides is 1. The molecule has 1 aromatic heterocycles. The molecule has 5 heteroatoms. The zero-order chi connectivity index (χ0) is 14.9. The summed E-state index contributed by atoms with van der Waals surface area (Å²) in [5.41, 5.74) is 0.916. The monoisotopic (exact) mass is 280 g/mol. The van der Waals surface area contributed by atoms with Crippen molar-refractivity contribution in [1.29, 1.82) is 0 Å². The van der Waals surface area contributed by atoms with Crippen LogP contribution >= 0.6 is 0 Å². The van der Waals surface area contributed by atoms with Gasteiger partial charge >= 0.3 is 0 Å². The molecule has 0 spiro atoms. The molecule has 0 bridgehead atoms. The SMILES string of the molecule is Cc1noc(C)c1C(C)C(=O)N(C)CC1(O)CCCC1. The van der Waals surface area contributed by atoms with Crippen LogP contribution in [0.3, 0.4) is 0 Å². The Morgan fingerprint density at radius 1 is 1.45 bits per heavy atom. The van der Waals surface area contributed by atoms with Crippen LogP contribution in [0.5, 0.6) is 0 Å².